The Morgan fingerprint density at radius 1 is 1.14 bits per heavy atom. The van der Waals surface area contributed by atoms with E-state index in [-0.39, 0.29) is 10.6 Å². The number of aliphatic carboxylic acids is 1. The van der Waals surface area contributed by atoms with Crippen LogP contribution in [0.1, 0.15) is 22.0 Å². The number of anilines is 1. The average Bonchev–Trinajstić information content (AvgIpc) is 2.48. The highest BCUT2D eigenvalue weighted by Gasteiger charge is 2.22. The molecule has 0 fully saturated rings. The molecule has 4 N–H and O–H groups in total. The molecule has 2 rings (SSSR count). The minimum atomic E-state index is -1.14. The Morgan fingerprint density at radius 2 is 1.81 bits per heavy atom. The zero-order valence-corrected chi connectivity index (χ0v) is 11.7. The van der Waals surface area contributed by atoms with Crippen molar-refractivity contribution in [1.29, 1.82) is 0 Å². The molecule has 2 aromatic rings. The van der Waals surface area contributed by atoms with Crippen LogP contribution in [0.4, 0.5) is 5.69 Å². The van der Waals surface area contributed by atoms with Gasteiger partial charge in [0.1, 0.15) is 0 Å². The van der Waals surface area contributed by atoms with E-state index in [1.807, 2.05) is 0 Å². The molecule has 6 heteroatoms. The first kappa shape index (κ1) is 14.9. The van der Waals surface area contributed by atoms with Gasteiger partial charge in [0.2, 0.25) is 0 Å². The molecular weight excluding hydrogens is 292 g/mol. The third kappa shape index (κ3) is 3.52. The lowest BCUT2D eigenvalue weighted by Gasteiger charge is -2.15. The Bertz CT molecular complexity index is 674. The minimum Gasteiger partial charge on any atom is -0.479 e. The number of amides is 1. The van der Waals surface area contributed by atoms with Gasteiger partial charge in [0.05, 0.1) is 10.7 Å². The summed E-state index contributed by atoms with van der Waals surface area (Å²) in [5.74, 6) is -1.68. The molecule has 1 atom stereocenters. The van der Waals surface area contributed by atoms with E-state index in [2.05, 4.69) is 5.32 Å². The Balaban J connectivity index is 2.23. The highest BCUT2D eigenvalue weighted by Crippen LogP contribution is 2.20. The molecule has 5 nitrogen and oxygen atoms in total. The van der Waals surface area contributed by atoms with Crippen LogP contribution in [0.2, 0.25) is 5.02 Å². The van der Waals surface area contributed by atoms with Crippen LogP contribution in [-0.2, 0) is 4.79 Å². The van der Waals surface area contributed by atoms with Crippen molar-refractivity contribution < 1.29 is 14.7 Å². The van der Waals surface area contributed by atoms with Crippen molar-refractivity contribution in [3.8, 4) is 0 Å². The molecule has 0 bridgehead atoms. The van der Waals surface area contributed by atoms with Gasteiger partial charge >= 0.3 is 5.97 Å². The van der Waals surface area contributed by atoms with E-state index in [0.717, 1.165) is 0 Å². The number of carboxylic acid groups (broad SMARTS) is 1. The molecule has 0 aliphatic rings. The molecule has 0 spiro atoms. The summed E-state index contributed by atoms with van der Waals surface area (Å²) in [5, 5.41) is 12.0. The molecule has 21 heavy (non-hydrogen) atoms. The SMILES string of the molecule is Nc1ccc(C(=O)NC(C(=O)O)c2ccccc2)cc1Cl. The van der Waals surface area contributed by atoms with Gasteiger partial charge in [-0.2, -0.15) is 0 Å². The van der Waals surface area contributed by atoms with E-state index >= 15 is 0 Å². The van der Waals surface area contributed by atoms with Gasteiger partial charge in [-0.25, -0.2) is 4.79 Å². The van der Waals surface area contributed by atoms with Crippen molar-refractivity contribution in [2.45, 2.75) is 6.04 Å². The summed E-state index contributed by atoms with van der Waals surface area (Å²) < 4.78 is 0. The molecule has 1 amide bonds. The van der Waals surface area contributed by atoms with Gasteiger partial charge in [-0.15, -0.1) is 0 Å². The van der Waals surface area contributed by atoms with Crippen LogP contribution in [-0.4, -0.2) is 17.0 Å². The summed E-state index contributed by atoms with van der Waals surface area (Å²) in [6.45, 7) is 0. The normalized spacial score (nSPS) is 11.7. The summed E-state index contributed by atoms with van der Waals surface area (Å²) in [6.07, 6.45) is 0. The zero-order chi connectivity index (χ0) is 15.4. The predicted molar refractivity (Wildman–Crippen MR) is 80.1 cm³/mol. The topological polar surface area (TPSA) is 92.4 Å². The fourth-order valence-corrected chi connectivity index (χ4v) is 2.00. The van der Waals surface area contributed by atoms with Crippen LogP contribution in [0.3, 0.4) is 0 Å². The van der Waals surface area contributed by atoms with Crippen LogP contribution >= 0.6 is 11.6 Å². The lowest BCUT2D eigenvalue weighted by atomic mass is 10.1. The van der Waals surface area contributed by atoms with E-state index in [1.54, 1.807) is 30.3 Å². The second kappa shape index (κ2) is 6.28. The van der Waals surface area contributed by atoms with Crippen LogP contribution in [0.5, 0.6) is 0 Å². The number of nitrogens with two attached hydrogens (primary N) is 1. The number of hydrogen-bond donors (Lipinski definition) is 3. The number of carbonyl (C=O) groups excluding carboxylic acids is 1. The molecule has 0 heterocycles. The van der Waals surface area contributed by atoms with Crippen molar-refractivity contribution in [3.05, 3.63) is 64.7 Å². The molecule has 1 unspecified atom stereocenters. The monoisotopic (exact) mass is 304 g/mol. The quantitative estimate of drug-likeness (QED) is 0.757. The van der Waals surface area contributed by atoms with Gasteiger partial charge in [0.15, 0.2) is 6.04 Å². The number of benzene rings is 2. The Labute approximate surface area is 126 Å². The fraction of sp³-hybridized carbons (Fsp3) is 0.0667. The molecule has 0 radical (unpaired) electrons. The second-order valence-corrected chi connectivity index (χ2v) is 4.80. The van der Waals surface area contributed by atoms with E-state index in [0.29, 0.717) is 11.3 Å². The van der Waals surface area contributed by atoms with Gasteiger partial charge in [-0.05, 0) is 23.8 Å². The second-order valence-electron chi connectivity index (χ2n) is 4.39. The van der Waals surface area contributed by atoms with E-state index in [4.69, 9.17) is 17.3 Å². The molecule has 0 saturated carbocycles. The number of carboxylic acids is 1. The molecular formula is C15H13ClN2O3. The van der Waals surface area contributed by atoms with Crippen LogP contribution in [0.25, 0.3) is 0 Å². The van der Waals surface area contributed by atoms with Crippen molar-refractivity contribution in [2.75, 3.05) is 5.73 Å². The highest BCUT2D eigenvalue weighted by molar-refractivity contribution is 6.33. The minimum absolute atomic E-state index is 0.245. The summed E-state index contributed by atoms with van der Waals surface area (Å²) in [7, 11) is 0. The lowest BCUT2D eigenvalue weighted by molar-refractivity contribution is -0.139. The van der Waals surface area contributed by atoms with Gasteiger partial charge < -0.3 is 16.2 Å². The number of carbonyl (C=O) groups is 2. The maximum Gasteiger partial charge on any atom is 0.330 e. The van der Waals surface area contributed by atoms with Crippen LogP contribution in [0.15, 0.2) is 48.5 Å². The smallest absolute Gasteiger partial charge is 0.330 e. The standard InChI is InChI=1S/C15H13ClN2O3/c16-11-8-10(6-7-12(11)17)14(19)18-13(15(20)21)9-4-2-1-3-5-9/h1-8,13H,17H2,(H,18,19)(H,20,21). The zero-order valence-electron chi connectivity index (χ0n) is 10.9. The van der Waals surface area contributed by atoms with Gasteiger partial charge in [-0.3, -0.25) is 4.79 Å². The van der Waals surface area contributed by atoms with Gasteiger partial charge in [0.25, 0.3) is 5.91 Å². The molecule has 0 aliphatic carbocycles. The Morgan fingerprint density at radius 3 is 2.38 bits per heavy atom. The van der Waals surface area contributed by atoms with Crippen molar-refractivity contribution in [3.63, 3.8) is 0 Å². The third-order valence-electron chi connectivity index (χ3n) is 2.92. The highest BCUT2D eigenvalue weighted by atomic mass is 35.5. The number of halogens is 1. The number of rotatable bonds is 4. The summed E-state index contributed by atoms with van der Waals surface area (Å²) >= 11 is 5.85. The molecule has 0 saturated heterocycles. The van der Waals surface area contributed by atoms with E-state index in [9.17, 15) is 14.7 Å². The van der Waals surface area contributed by atoms with E-state index in [1.165, 1.54) is 18.2 Å². The van der Waals surface area contributed by atoms with Crippen LogP contribution < -0.4 is 11.1 Å². The predicted octanol–water partition coefficient (Wildman–Crippen LogP) is 2.48. The maximum absolute atomic E-state index is 12.1. The summed E-state index contributed by atoms with van der Waals surface area (Å²) in [4.78, 5) is 23.4. The van der Waals surface area contributed by atoms with Crippen molar-refractivity contribution in [1.82, 2.24) is 5.32 Å². The maximum atomic E-state index is 12.1. The average molecular weight is 305 g/mol. The Kier molecular flexibility index (Phi) is 4.45. The Hall–Kier alpha value is -2.53. The lowest BCUT2D eigenvalue weighted by Crippen LogP contribution is -2.33. The third-order valence-corrected chi connectivity index (χ3v) is 3.25. The molecule has 108 valence electrons. The largest absolute Gasteiger partial charge is 0.479 e. The first-order valence-electron chi connectivity index (χ1n) is 6.12. The first-order chi connectivity index (χ1) is 9.99. The van der Waals surface area contributed by atoms with Gasteiger partial charge in [-0.1, -0.05) is 41.9 Å². The van der Waals surface area contributed by atoms with Gasteiger partial charge in [0, 0.05) is 5.56 Å². The molecule has 0 aliphatic heterocycles. The summed E-state index contributed by atoms with van der Waals surface area (Å²) in [5.41, 5.74) is 6.66. The fourth-order valence-electron chi connectivity index (χ4n) is 1.82. The molecule has 0 aromatic heterocycles. The van der Waals surface area contributed by atoms with Crippen molar-refractivity contribution in [2.24, 2.45) is 0 Å². The summed E-state index contributed by atoms with van der Waals surface area (Å²) in [6, 6.07) is 11.7. The number of nitrogen functional groups attached to an aromatic ring is 1. The molecule has 2 aromatic carbocycles. The first-order valence-corrected chi connectivity index (χ1v) is 6.50. The number of hydrogen-bond acceptors (Lipinski definition) is 3. The van der Waals surface area contributed by atoms with Crippen LogP contribution in [0, 0.1) is 0 Å². The van der Waals surface area contributed by atoms with E-state index < -0.39 is 17.9 Å². The van der Waals surface area contributed by atoms with Crippen molar-refractivity contribution >= 4 is 29.2 Å². The number of nitrogens with one attached hydrogen (secondary N) is 1.